The Morgan fingerprint density at radius 1 is 1.15 bits per heavy atom. The average Bonchev–Trinajstić information content (AvgIpc) is 3.67. The van der Waals surface area contributed by atoms with E-state index < -0.39 is 23.3 Å². The Hall–Kier alpha value is -4.32. The predicted octanol–water partition coefficient (Wildman–Crippen LogP) is 4.13. The Morgan fingerprint density at radius 3 is 2.80 bits per heavy atom. The minimum atomic E-state index is -0.742. The molecule has 4 atom stereocenters. The maximum Gasteiger partial charge on any atom is 0.278 e. The highest BCUT2D eigenvalue weighted by atomic mass is 32.1. The van der Waals surface area contributed by atoms with Crippen molar-refractivity contribution in [3.63, 3.8) is 0 Å². The number of fused-ring (bicyclic) bond motifs is 2. The number of nitrogen functional groups attached to an aromatic ring is 1. The molecular weight excluding hydrogens is 547 g/mol. The number of anilines is 2. The molecule has 0 radical (unpaired) electrons. The van der Waals surface area contributed by atoms with E-state index in [1.807, 2.05) is 13.0 Å². The normalized spacial score (nSPS) is 21.5. The van der Waals surface area contributed by atoms with Gasteiger partial charge >= 0.3 is 0 Å². The van der Waals surface area contributed by atoms with Crippen molar-refractivity contribution < 1.29 is 18.7 Å². The molecule has 0 unspecified atom stereocenters. The SMILES string of the molecule is C[C@@H]1C[C@@H](C(=O)NCc2cc3cnc(N)cc3s2)n2c1ncc(NC(=O)[C@H]1CC[C@@H](Oc3ccccc3F)C1)c2=O. The van der Waals surface area contributed by atoms with E-state index in [-0.39, 0.29) is 35.3 Å². The average molecular weight is 577 g/mol. The predicted molar refractivity (Wildman–Crippen MR) is 153 cm³/mol. The summed E-state index contributed by atoms with van der Waals surface area (Å²) in [5.41, 5.74) is 5.33. The molecule has 4 heterocycles. The zero-order valence-corrected chi connectivity index (χ0v) is 23.1. The molecule has 6 rings (SSSR count). The van der Waals surface area contributed by atoms with Gasteiger partial charge < -0.3 is 21.1 Å². The van der Waals surface area contributed by atoms with Crippen LogP contribution in [0, 0.1) is 11.7 Å². The number of hydrogen-bond acceptors (Lipinski definition) is 8. The molecule has 0 spiro atoms. The second-order valence-electron chi connectivity index (χ2n) is 10.6. The second-order valence-corrected chi connectivity index (χ2v) is 11.8. The first-order valence-corrected chi connectivity index (χ1v) is 14.3. The molecule has 3 aromatic heterocycles. The molecule has 4 aromatic rings. The van der Waals surface area contributed by atoms with Gasteiger partial charge in [0.1, 0.15) is 23.4 Å². The van der Waals surface area contributed by atoms with E-state index in [4.69, 9.17) is 10.5 Å². The third-order valence-electron chi connectivity index (χ3n) is 7.71. The number of nitrogens with two attached hydrogens (primary N) is 1. The smallest absolute Gasteiger partial charge is 0.278 e. The number of aromatic nitrogens is 3. The summed E-state index contributed by atoms with van der Waals surface area (Å²) in [6, 6.07) is 9.18. The van der Waals surface area contributed by atoms with Crippen LogP contribution in [0.4, 0.5) is 15.9 Å². The topological polar surface area (TPSA) is 141 Å². The van der Waals surface area contributed by atoms with Crippen LogP contribution < -0.4 is 26.7 Å². The first-order chi connectivity index (χ1) is 19.8. The first kappa shape index (κ1) is 26.9. The quantitative estimate of drug-likeness (QED) is 0.300. The molecule has 0 saturated heterocycles. The number of nitrogens with one attached hydrogen (secondary N) is 2. The number of halogens is 1. The summed E-state index contributed by atoms with van der Waals surface area (Å²) < 4.78 is 22.1. The van der Waals surface area contributed by atoms with Crippen molar-refractivity contribution in [2.45, 2.75) is 57.2 Å². The van der Waals surface area contributed by atoms with E-state index in [0.29, 0.717) is 43.9 Å². The first-order valence-electron chi connectivity index (χ1n) is 13.5. The third-order valence-corrected chi connectivity index (χ3v) is 8.81. The highest BCUT2D eigenvalue weighted by Gasteiger charge is 2.37. The lowest BCUT2D eigenvalue weighted by Gasteiger charge is -2.16. The summed E-state index contributed by atoms with van der Waals surface area (Å²) in [6.45, 7) is 2.22. The van der Waals surface area contributed by atoms with Crippen LogP contribution in [0.3, 0.4) is 0 Å². The number of nitrogens with zero attached hydrogens (tertiary/aromatic N) is 3. The largest absolute Gasteiger partial charge is 0.487 e. The van der Waals surface area contributed by atoms with Crippen LogP contribution in [0.25, 0.3) is 10.1 Å². The van der Waals surface area contributed by atoms with Gasteiger partial charge in [-0.1, -0.05) is 19.1 Å². The van der Waals surface area contributed by atoms with Gasteiger partial charge in [0.2, 0.25) is 11.8 Å². The molecule has 1 saturated carbocycles. The van der Waals surface area contributed by atoms with E-state index in [9.17, 15) is 18.8 Å². The molecule has 2 aliphatic rings. The van der Waals surface area contributed by atoms with Crippen molar-refractivity contribution in [1.82, 2.24) is 19.9 Å². The van der Waals surface area contributed by atoms with Crippen molar-refractivity contribution in [3.8, 4) is 5.75 Å². The van der Waals surface area contributed by atoms with Gasteiger partial charge in [0.25, 0.3) is 5.56 Å². The fourth-order valence-electron chi connectivity index (χ4n) is 5.63. The fraction of sp³-hybridized carbons (Fsp3) is 0.345. The monoisotopic (exact) mass is 576 g/mol. The molecule has 1 fully saturated rings. The van der Waals surface area contributed by atoms with Crippen molar-refractivity contribution in [3.05, 3.63) is 75.7 Å². The second kappa shape index (κ2) is 10.9. The van der Waals surface area contributed by atoms with E-state index in [2.05, 4.69) is 20.6 Å². The summed E-state index contributed by atoms with van der Waals surface area (Å²) in [5, 5.41) is 6.61. The molecule has 10 nitrogen and oxygen atoms in total. The Balaban J connectivity index is 1.12. The van der Waals surface area contributed by atoms with Gasteiger partial charge in [0.15, 0.2) is 11.6 Å². The standard InChI is InChI=1S/C29H29FN6O4S/c1-15-8-22(28(38)34-13-19-10-17-12-32-25(31)11-24(17)41-19)36-26(15)33-14-21(29(36)39)35-27(37)16-6-7-18(9-16)40-23-5-3-2-4-20(23)30/h2-5,10-12,14-16,18,22H,6-9,13H2,1H3,(H2,31,32)(H,34,38)(H,35,37)/t15-,16+,18-,22+/m1/s1. The van der Waals surface area contributed by atoms with Crippen LogP contribution in [-0.2, 0) is 16.1 Å². The molecule has 1 aromatic carbocycles. The number of amides is 2. The van der Waals surface area contributed by atoms with Crippen LogP contribution in [0.1, 0.15) is 55.3 Å². The van der Waals surface area contributed by atoms with E-state index in [1.165, 1.54) is 28.2 Å². The van der Waals surface area contributed by atoms with E-state index >= 15 is 0 Å². The molecule has 0 bridgehead atoms. The molecule has 1 aliphatic heterocycles. The zero-order valence-electron chi connectivity index (χ0n) is 22.3. The Labute approximate surface area is 238 Å². The number of ether oxygens (including phenoxy) is 1. The number of thiophene rings is 1. The lowest BCUT2D eigenvalue weighted by atomic mass is 10.1. The number of carbonyl (C=O) groups is 2. The maximum absolute atomic E-state index is 14.0. The summed E-state index contributed by atoms with van der Waals surface area (Å²) in [6.07, 6.45) is 4.74. The number of rotatable bonds is 7. The van der Waals surface area contributed by atoms with Crippen LogP contribution >= 0.6 is 11.3 Å². The van der Waals surface area contributed by atoms with Crippen molar-refractivity contribution in [1.29, 1.82) is 0 Å². The Kier molecular flexibility index (Phi) is 7.16. The molecular formula is C29H29FN6O4S. The maximum atomic E-state index is 14.0. The van der Waals surface area contributed by atoms with E-state index in [1.54, 1.807) is 30.5 Å². The van der Waals surface area contributed by atoms with Crippen molar-refractivity contribution in [2.75, 3.05) is 11.1 Å². The minimum Gasteiger partial charge on any atom is -0.487 e. The molecule has 41 heavy (non-hydrogen) atoms. The van der Waals surface area contributed by atoms with Gasteiger partial charge in [0, 0.05) is 33.0 Å². The number of benzene rings is 1. The van der Waals surface area contributed by atoms with Crippen molar-refractivity contribution in [2.24, 2.45) is 5.92 Å². The number of hydrogen-bond donors (Lipinski definition) is 3. The van der Waals surface area contributed by atoms with Gasteiger partial charge in [-0.25, -0.2) is 14.4 Å². The zero-order chi connectivity index (χ0) is 28.7. The van der Waals surface area contributed by atoms with Crippen LogP contribution in [0.5, 0.6) is 5.75 Å². The molecule has 12 heteroatoms. The Morgan fingerprint density at radius 2 is 1.98 bits per heavy atom. The number of pyridine rings is 1. The highest BCUT2D eigenvalue weighted by molar-refractivity contribution is 7.19. The van der Waals surface area contributed by atoms with Crippen LogP contribution in [-0.4, -0.2) is 32.5 Å². The van der Waals surface area contributed by atoms with Gasteiger partial charge in [-0.15, -0.1) is 11.3 Å². The van der Waals surface area contributed by atoms with Crippen molar-refractivity contribution >= 4 is 44.7 Å². The van der Waals surface area contributed by atoms with Gasteiger partial charge in [-0.05, 0) is 49.9 Å². The third kappa shape index (κ3) is 5.39. The van der Waals surface area contributed by atoms with Gasteiger partial charge in [-0.3, -0.25) is 19.0 Å². The molecule has 1 aliphatic carbocycles. The lowest BCUT2D eigenvalue weighted by molar-refractivity contribution is -0.124. The summed E-state index contributed by atoms with van der Waals surface area (Å²) in [7, 11) is 0. The Bertz CT molecular complexity index is 1700. The van der Waals surface area contributed by atoms with Crippen LogP contribution in [0.15, 0.2) is 53.6 Å². The lowest BCUT2D eigenvalue weighted by Crippen LogP contribution is -2.37. The molecule has 2 amide bonds. The number of para-hydroxylation sites is 1. The molecule has 4 N–H and O–H groups in total. The highest BCUT2D eigenvalue weighted by Crippen LogP contribution is 2.34. The minimum absolute atomic E-state index is 0.0266. The fourth-order valence-corrected chi connectivity index (χ4v) is 6.65. The van der Waals surface area contributed by atoms with E-state index in [0.717, 1.165) is 15.0 Å². The number of carbonyl (C=O) groups excluding carboxylic acids is 2. The van der Waals surface area contributed by atoms with Gasteiger partial charge in [-0.2, -0.15) is 0 Å². The molecule has 212 valence electrons. The summed E-state index contributed by atoms with van der Waals surface area (Å²) in [4.78, 5) is 49.3. The summed E-state index contributed by atoms with van der Waals surface area (Å²) in [5.74, 6) is -0.454. The van der Waals surface area contributed by atoms with Gasteiger partial charge in [0.05, 0.1) is 18.8 Å². The summed E-state index contributed by atoms with van der Waals surface area (Å²) >= 11 is 1.52. The van der Waals surface area contributed by atoms with Crippen LogP contribution in [0.2, 0.25) is 0 Å².